The Morgan fingerprint density at radius 1 is 1.21 bits per heavy atom. The van der Waals surface area contributed by atoms with Gasteiger partial charge in [-0.05, 0) is 19.3 Å². The van der Waals surface area contributed by atoms with Gasteiger partial charge >= 0.3 is 0 Å². The SMILES string of the molecule is CCCOCCN1CC(=O)NC2(CCCCC2)C1=O. The van der Waals surface area contributed by atoms with Gasteiger partial charge in [-0.2, -0.15) is 0 Å². The first-order valence-corrected chi connectivity index (χ1v) is 7.36. The Labute approximate surface area is 114 Å². The van der Waals surface area contributed by atoms with Crippen LogP contribution in [0.5, 0.6) is 0 Å². The molecule has 1 aliphatic heterocycles. The third-order valence-corrected chi connectivity index (χ3v) is 3.97. The summed E-state index contributed by atoms with van der Waals surface area (Å²) < 4.78 is 5.42. The average molecular weight is 268 g/mol. The van der Waals surface area contributed by atoms with Crippen LogP contribution in [0.4, 0.5) is 0 Å². The summed E-state index contributed by atoms with van der Waals surface area (Å²) in [4.78, 5) is 26.1. The molecule has 0 unspecified atom stereocenters. The van der Waals surface area contributed by atoms with E-state index in [0.29, 0.717) is 19.8 Å². The predicted molar refractivity (Wildman–Crippen MR) is 71.6 cm³/mol. The van der Waals surface area contributed by atoms with Crippen LogP contribution in [0.2, 0.25) is 0 Å². The first-order valence-electron chi connectivity index (χ1n) is 7.36. The number of hydrogen-bond donors (Lipinski definition) is 1. The van der Waals surface area contributed by atoms with E-state index in [2.05, 4.69) is 12.2 Å². The molecular weight excluding hydrogens is 244 g/mol. The van der Waals surface area contributed by atoms with Crippen molar-refractivity contribution in [3.8, 4) is 0 Å². The zero-order valence-electron chi connectivity index (χ0n) is 11.7. The molecule has 5 nitrogen and oxygen atoms in total. The molecule has 1 saturated carbocycles. The Bertz CT molecular complexity index is 338. The van der Waals surface area contributed by atoms with Crippen molar-refractivity contribution in [1.82, 2.24) is 10.2 Å². The molecule has 0 aromatic heterocycles. The quantitative estimate of drug-likeness (QED) is 0.759. The highest BCUT2D eigenvalue weighted by Crippen LogP contribution is 2.31. The van der Waals surface area contributed by atoms with E-state index in [-0.39, 0.29) is 18.4 Å². The molecule has 0 bridgehead atoms. The first-order chi connectivity index (χ1) is 9.18. The van der Waals surface area contributed by atoms with Crippen LogP contribution in [0.25, 0.3) is 0 Å². The summed E-state index contributed by atoms with van der Waals surface area (Å²) in [5.74, 6) is 0.0592. The number of piperazine rings is 1. The zero-order valence-corrected chi connectivity index (χ0v) is 11.7. The van der Waals surface area contributed by atoms with E-state index >= 15 is 0 Å². The number of nitrogens with zero attached hydrogens (tertiary/aromatic N) is 1. The van der Waals surface area contributed by atoms with Crippen LogP contribution in [-0.4, -0.2) is 48.6 Å². The third kappa shape index (κ3) is 3.26. The van der Waals surface area contributed by atoms with E-state index in [9.17, 15) is 9.59 Å². The standard InChI is InChI=1S/C14H24N2O3/c1-2-9-19-10-8-16-11-12(17)15-14(13(16)18)6-4-3-5-7-14/h2-11H2,1H3,(H,15,17). The number of carbonyl (C=O) groups is 2. The maximum Gasteiger partial charge on any atom is 0.248 e. The average Bonchev–Trinajstić information content (AvgIpc) is 2.41. The second-order valence-electron chi connectivity index (χ2n) is 5.53. The largest absolute Gasteiger partial charge is 0.380 e. The topological polar surface area (TPSA) is 58.6 Å². The molecule has 2 fully saturated rings. The zero-order chi connectivity index (χ0) is 13.7. The van der Waals surface area contributed by atoms with E-state index in [1.165, 1.54) is 0 Å². The molecule has 1 N–H and O–H groups in total. The minimum absolute atomic E-state index is 0.0306. The Kier molecular flexibility index (Phi) is 4.80. The van der Waals surface area contributed by atoms with Crippen molar-refractivity contribution in [2.24, 2.45) is 0 Å². The lowest BCUT2D eigenvalue weighted by Gasteiger charge is -2.44. The molecule has 2 aliphatic rings. The van der Waals surface area contributed by atoms with Crippen LogP contribution < -0.4 is 5.32 Å². The van der Waals surface area contributed by atoms with E-state index in [1.54, 1.807) is 4.90 Å². The van der Waals surface area contributed by atoms with Crippen molar-refractivity contribution in [2.45, 2.75) is 51.0 Å². The van der Waals surface area contributed by atoms with E-state index < -0.39 is 5.54 Å². The minimum Gasteiger partial charge on any atom is -0.380 e. The van der Waals surface area contributed by atoms with Gasteiger partial charge in [0.2, 0.25) is 11.8 Å². The molecule has 5 heteroatoms. The van der Waals surface area contributed by atoms with Gasteiger partial charge in [-0.3, -0.25) is 9.59 Å². The van der Waals surface area contributed by atoms with Gasteiger partial charge in [0, 0.05) is 13.2 Å². The Morgan fingerprint density at radius 3 is 2.63 bits per heavy atom. The molecule has 1 heterocycles. The summed E-state index contributed by atoms with van der Waals surface area (Å²) in [5.41, 5.74) is -0.613. The van der Waals surface area contributed by atoms with Crippen molar-refractivity contribution in [1.29, 1.82) is 0 Å². The molecule has 0 atom stereocenters. The highest BCUT2D eigenvalue weighted by molar-refractivity contribution is 5.98. The van der Waals surface area contributed by atoms with E-state index in [0.717, 1.165) is 38.5 Å². The maximum absolute atomic E-state index is 12.6. The fraction of sp³-hybridized carbons (Fsp3) is 0.857. The highest BCUT2D eigenvalue weighted by atomic mass is 16.5. The van der Waals surface area contributed by atoms with Gasteiger partial charge in [-0.1, -0.05) is 26.2 Å². The van der Waals surface area contributed by atoms with Crippen LogP contribution in [0, 0.1) is 0 Å². The fourth-order valence-electron chi connectivity index (χ4n) is 3.00. The summed E-state index contributed by atoms with van der Waals surface area (Å²) in [6.07, 6.45) is 5.73. The van der Waals surface area contributed by atoms with Gasteiger partial charge in [0.25, 0.3) is 0 Å². The van der Waals surface area contributed by atoms with E-state index in [1.807, 2.05) is 0 Å². The number of hydrogen-bond acceptors (Lipinski definition) is 3. The van der Waals surface area contributed by atoms with Crippen molar-refractivity contribution >= 4 is 11.8 Å². The Balaban J connectivity index is 1.95. The van der Waals surface area contributed by atoms with Crippen molar-refractivity contribution in [3.63, 3.8) is 0 Å². The van der Waals surface area contributed by atoms with Gasteiger partial charge in [0.05, 0.1) is 13.2 Å². The second-order valence-corrected chi connectivity index (χ2v) is 5.53. The minimum atomic E-state index is -0.613. The van der Waals surface area contributed by atoms with Crippen LogP contribution in [0.3, 0.4) is 0 Å². The number of amides is 2. The molecule has 0 aromatic rings. The van der Waals surface area contributed by atoms with Gasteiger partial charge in [-0.15, -0.1) is 0 Å². The molecule has 0 radical (unpaired) electrons. The van der Waals surface area contributed by atoms with Crippen molar-refractivity contribution < 1.29 is 14.3 Å². The lowest BCUT2D eigenvalue weighted by Crippen LogP contribution is -2.67. The van der Waals surface area contributed by atoms with Gasteiger partial charge in [0.15, 0.2) is 0 Å². The molecule has 1 spiro atoms. The summed E-state index contributed by atoms with van der Waals surface area (Å²) >= 11 is 0. The lowest BCUT2D eigenvalue weighted by molar-refractivity contribution is -0.152. The normalized spacial score (nSPS) is 22.7. The highest BCUT2D eigenvalue weighted by Gasteiger charge is 2.46. The second kappa shape index (κ2) is 6.37. The predicted octanol–water partition coefficient (Wildman–Crippen LogP) is 1.07. The summed E-state index contributed by atoms with van der Waals surface area (Å²) in [6, 6.07) is 0. The number of carbonyl (C=O) groups excluding carboxylic acids is 2. The number of ether oxygens (including phenoxy) is 1. The molecule has 1 aliphatic carbocycles. The molecule has 19 heavy (non-hydrogen) atoms. The number of nitrogens with one attached hydrogen (secondary N) is 1. The summed E-state index contributed by atoms with van der Waals surface area (Å²) in [7, 11) is 0. The molecule has 2 rings (SSSR count). The van der Waals surface area contributed by atoms with E-state index in [4.69, 9.17) is 4.74 Å². The molecule has 2 amide bonds. The van der Waals surface area contributed by atoms with Crippen LogP contribution in [0.1, 0.15) is 45.4 Å². The first kappa shape index (κ1) is 14.3. The molecule has 1 saturated heterocycles. The van der Waals surface area contributed by atoms with Gasteiger partial charge < -0.3 is 15.0 Å². The van der Waals surface area contributed by atoms with Gasteiger partial charge in [0.1, 0.15) is 5.54 Å². The molecule has 0 aromatic carbocycles. The van der Waals surface area contributed by atoms with Crippen LogP contribution in [-0.2, 0) is 14.3 Å². The third-order valence-electron chi connectivity index (χ3n) is 3.97. The van der Waals surface area contributed by atoms with Gasteiger partial charge in [-0.25, -0.2) is 0 Å². The Hall–Kier alpha value is -1.10. The summed E-state index contributed by atoms with van der Waals surface area (Å²) in [5, 5.41) is 2.94. The van der Waals surface area contributed by atoms with Crippen LogP contribution >= 0.6 is 0 Å². The molecule has 108 valence electrons. The van der Waals surface area contributed by atoms with Crippen LogP contribution in [0.15, 0.2) is 0 Å². The fourth-order valence-corrected chi connectivity index (χ4v) is 3.00. The van der Waals surface area contributed by atoms with Crippen molar-refractivity contribution in [3.05, 3.63) is 0 Å². The Morgan fingerprint density at radius 2 is 1.95 bits per heavy atom. The monoisotopic (exact) mass is 268 g/mol. The van der Waals surface area contributed by atoms with Crippen molar-refractivity contribution in [2.75, 3.05) is 26.3 Å². The smallest absolute Gasteiger partial charge is 0.248 e. The molecular formula is C14H24N2O3. The summed E-state index contributed by atoms with van der Waals surface area (Å²) in [6.45, 7) is 3.98. The number of rotatable bonds is 5. The maximum atomic E-state index is 12.6. The lowest BCUT2D eigenvalue weighted by atomic mass is 9.79.